The van der Waals surface area contributed by atoms with Gasteiger partial charge >= 0.3 is 5.63 Å². The topological polar surface area (TPSA) is 44.4 Å². The number of nitrogens with zero attached hydrogens (tertiary/aromatic N) is 1. The Morgan fingerprint density at radius 3 is 2.62 bits per heavy atom. The third-order valence-electron chi connectivity index (χ3n) is 4.02. The standard InChI is InChI=1S/C19H23NO3Si/c1-24(2,3)11-10-22-14-20-17-7-5-4-6-15(17)12-18(20)16-8-9-19(21)23-13-16/h4-9,12-13H,10-11,14H2,1-3H3. The van der Waals surface area contributed by atoms with Crippen LogP contribution >= 0.6 is 0 Å². The van der Waals surface area contributed by atoms with Gasteiger partial charge in [0.2, 0.25) is 0 Å². The molecule has 0 N–H and O–H groups in total. The van der Waals surface area contributed by atoms with Crippen LogP contribution in [0.25, 0.3) is 22.2 Å². The number of ether oxygens (including phenoxy) is 1. The van der Waals surface area contributed by atoms with Gasteiger partial charge < -0.3 is 13.7 Å². The summed E-state index contributed by atoms with van der Waals surface area (Å²) in [6.07, 6.45) is 1.51. The molecule has 0 saturated carbocycles. The molecule has 0 unspecified atom stereocenters. The van der Waals surface area contributed by atoms with Crippen molar-refractivity contribution in [1.82, 2.24) is 4.57 Å². The van der Waals surface area contributed by atoms with Crippen molar-refractivity contribution in [3.05, 3.63) is 59.1 Å². The lowest BCUT2D eigenvalue weighted by Gasteiger charge is -2.16. The number of fused-ring (bicyclic) bond motifs is 1. The highest BCUT2D eigenvalue weighted by Gasteiger charge is 2.14. The van der Waals surface area contributed by atoms with Crippen molar-refractivity contribution >= 4 is 19.0 Å². The SMILES string of the molecule is C[Si](C)(C)CCOCn1c(-c2ccc(=O)oc2)cc2ccccc21. The van der Waals surface area contributed by atoms with Crippen LogP contribution in [0.3, 0.4) is 0 Å². The van der Waals surface area contributed by atoms with Crippen LogP contribution in [0.4, 0.5) is 0 Å². The first-order valence-electron chi connectivity index (χ1n) is 8.19. The number of benzene rings is 1. The molecule has 0 aliphatic rings. The van der Waals surface area contributed by atoms with Crippen LogP contribution in [0.5, 0.6) is 0 Å². The van der Waals surface area contributed by atoms with Crippen LogP contribution in [-0.2, 0) is 11.5 Å². The van der Waals surface area contributed by atoms with Crippen molar-refractivity contribution in [2.24, 2.45) is 0 Å². The lowest BCUT2D eigenvalue weighted by molar-refractivity contribution is 0.0912. The largest absolute Gasteiger partial charge is 0.431 e. The molecular weight excluding hydrogens is 318 g/mol. The van der Waals surface area contributed by atoms with Gasteiger partial charge in [0.05, 0.1) is 11.2 Å². The Kier molecular flexibility index (Phi) is 4.73. The minimum Gasteiger partial charge on any atom is -0.431 e. The lowest BCUT2D eigenvalue weighted by Crippen LogP contribution is -2.22. The summed E-state index contributed by atoms with van der Waals surface area (Å²) in [6.45, 7) is 8.30. The van der Waals surface area contributed by atoms with E-state index in [4.69, 9.17) is 9.15 Å². The van der Waals surface area contributed by atoms with Crippen molar-refractivity contribution in [2.75, 3.05) is 6.61 Å². The first kappa shape index (κ1) is 16.7. The summed E-state index contributed by atoms with van der Waals surface area (Å²) in [6, 6.07) is 14.7. The van der Waals surface area contributed by atoms with Gasteiger partial charge in [0.15, 0.2) is 0 Å². The summed E-state index contributed by atoms with van der Waals surface area (Å²) in [7, 11) is -1.10. The van der Waals surface area contributed by atoms with Crippen LogP contribution in [0.1, 0.15) is 0 Å². The summed E-state index contributed by atoms with van der Waals surface area (Å²) in [5, 5.41) is 1.15. The Morgan fingerprint density at radius 2 is 1.92 bits per heavy atom. The van der Waals surface area contributed by atoms with E-state index in [-0.39, 0.29) is 5.63 Å². The minimum atomic E-state index is -1.10. The molecule has 1 aromatic carbocycles. The van der Waals surface area contributed by atoms with Gasteiger partial charge in [-0.1, -0.05) is 37.8 Å². The van der Waals surface area contributed by atoms with Gasteiger partial charge in [-0.25, -0.2) is 4.79 Å². The van der Waals surface area contributed by atoms with E-state index in [9.17, 15) is 4.79 Å². The lowest BCUT2D eigenvalue weighted by atomic mass is 10.2. The van der Waals surface area contributed by atoms with Gasteiger partial charge in [0.1, 0.15) is 13.0 Å². The van der Waals surface area contributed by atoms with Gasteiger partial charge in [-0.05, 0) is 24.2 Å². The fraction of sp³-hybridized carbons (Fsp3) is 0.316. The van der Waals surface area contributed by atoms with E-state index in [0.717, 1.165) is 34.8 Å². The fourth-order valence-corrected chi connectivity index (χ4v) is 3.38. The predicted octanol–water partition coefficient (Wildman–Crippen LogP) is 4.57. The second-order valence-corrected chi connectivity index (χ2v) is 12.8. The fourth-order valence-electron chi connectivity index (χ4n) is 2.63. The van der Waals surface area contributed by atoms with Crippen molar-refractivity contribution in [1.29, 1.82) is 0 Å². The Balaban J connectivity index is 1.90. The molecule has 2 aromatic heterocycles. The molecule has 0 fully saturated rings. The Labute approximate surface area is 142 Å². The highest BCUT2D eigenvalue weighted by atomic mass is 28.3. The molecule has 0 radical (unpaired) electrons. The number of para-hydroxylation sites is 1. The van der Waals surface area contributed by atoms with Crippen molar-refractivity contribution in [2.45, 2.75) is 32.4 Å². The molecule has 4 nitrogen and oxygen atoms in total. The highest BCUT2D eigenvalue weighted by molar-refractivity contribution is 6.76. The van der Waals surface area contributed by atoms with Gasteiger partial charge in [-0.2, -0.15) is 0 Å². The average molecular weight is 341 g/mol. The van der Waals surface area contributed by atoms with Gasteiger partial charge in [-0.3, -0.25) is 0 Å². The molecule has 5 heteroatoms. The van der Waals surface area contributed by atoms with E-state index in [1.807, 2.05) is 12.1 Å². The van der Waals surface area contributed by atoms with Gasteiger partial charge in [0, 0.05) is 31.7 Å². The molecule has 3 aromatic rings. The number of hydrogen-bond donors (Lipinski definition) is 0. The normalized spacial score (nSPS) is 12.0. The maximum Gasteiger partial charge on any atom is 0.335 e. The maximum atomic E-state index is 11.2. The highest BCUT2D eigenvalue weighted by Crippen LogP contribution is 2.28. The smallest absolute Gasteiger partial charge is 0.335 e. The number of aromatic nitrogens is 1. The summed E-state index contributed by atoms with van der Waals surface area (Å²) in [5.41, 5.74) is 2.65. The molecule has 0 spiro atoms. The van der Waals surface area contributed by atoms with Crippen LogP contribution in [0, 0.1) is 0 Å². The molecule has 3 rings (SSSR count). The molecule has 0 atom stereocenters. The Hall–Kier alpha value is -2.11. The summed E-state index contributed by atoms with van der Waals surface area (Å²) in [4.78, 5) is 11.2. The average Bonchev–Trinajstić information content (AvgIpc) is 2.90. The van der Waals surface area contributed by atoms with Crippen LogP contribution in [-0.4, -0.2) is 19.2 Å². The Morgan fingerprint density at radius 1 is 1.12 bits per heavy atom. The molecule has 126 valence electrons. The third-order valence-corrected chi connectivity index (χ3v) is 5.73. The van der Waals surface area contributed by atoms with E-state index in [0.29, 0.717) is 6.73 Å². The summed E-state index contributed by atoms with van der Waals surface area (Å²) in [5.74, 6) is 0. The minimum absolute atomic E-state index is 0.340. The van der Waals surface area contributed by atoms with E-state index in [2.05, 4.69) is 42.4 Å². The molecule has 0 bridgehead atoms. The number of rotatable bonds is 6. The Bertz CT molecular complexity index is 869. The zero-order valence-corrected chi connectivity index (χ0v) is 15.4. The quantitative estimate of drug-likeness (QED) is 0.487. The van der Waals surface area contributed by atoms with Crippen LogP contribution < -0.4 is 5.63 Å². The van der Waals surface area contributed by atoms with E-state index in [1.165, 1.54) is 12.3 Å². The van der Waals surface area contributed by atoms with E-state index >= 15 is 0 Å². The second kappa shape index (κ2) is 6.79. The zero-order chi connectivity index (χ0) is 17.2. The molecule has 2 heterocycles. The van der Waals surface area contributed by atoms with Gasteiger partial charge in [0.25, 0.3) is 0 Å². The van der Waals surface area contributed by atoms with Crippen LogP contribution in [0.15, 0.2) is 57.9 Å². The monoisotopic (exact) mass is 341 g/mol. The third kappa shape index (κ3) is 3.86. The van der Waals surface area contributed by atoms with Crippen molar-refractivity contribution in [3.8, 4) is 11.3 Å². The van der Waals surface area contributed by atoms with Crippen molar-refractivity contribution in [3.63, 3.8) is 0 Å². The molecule has 0 saturated heterocycles. The van der Waals surface area contributed by atoms with Crippen LogP contribution in [0.2, 0.25) is 25.7 Å². The molecule has 0 aliphatic carbocycles. The first-order valence-corrected chi connectivity index (χ1v) is 11.9. The van der Waals surface area contributed by atoms with E-state index < -0.39 is 8.07 Å². The maximum absolute atomic E-state index is 11.2. The molecular formula is C19H23NO3Si. The number of hydrogen-bond acceptors (Lipinski definition) is 3. The summed E-state index contributed by atoms with van der Waals surface area (Å²) < 4.78 is 13.1. The molecule has 0 amide bonds. The summed E-state index contributed by atoms with van der Waals surface area (Å²) >= 11 is 0. The zero-order valence-electron chi connectivity index (χ0n) is 14.4. The van der Waals surface area contributed by atoms with E-state index in [1.54, 1.807) is 6.07 Å². The van der Waals surface area contributed by atoms with Gasteiger partial charge in [-0.15, -0.1) is 0 Å². The molecule has 0 aliphatic heterocycles. The predicted molar refractivity (Wildman–Crippen MR) is 100 cm³/mol. The second-order valence-electron chi connectivity index (χ2n) is 7.21. The first-order chi connectivity index (χ1) is 11.4. The van der Waals surface area contributed by atoms with Crippen molar-refractivity contribution < 1.29 is 9.15 Å². The molecule has 24 heavy (non-hydrogen) atoms.